The van der Waals surface area contributed by atoms with E-state index in [9.17, 15) is 4.79 Å². The minimum Gasteiger partial charge on any atom is -0.446 e. The summed E-state index contributed by atoms with van der Waals surface area (Å²) in [5, 5.41) is 2.80. The molecule has 0 aliphatic heterocycles. The van der Waals surface area contributed by atoms with Gasteiger partial charge in [-0.2, -0.15) is 0 Å². The van der Waals surface area contributed by atoms with Crippen molar-refractivity contribution < 1.29 is 9.21 Å². The Morgan fingerprint density at radius 1 is 1.67 bits per heavy atom. The SMILES string of the molecule is CCC(C)NC(=O)c1coc(C(C)N)n1. The van der Waals surface area contributed by atoms with Crippen molar-refractivity contribution in [3.8, 4) is 0 Å². The van der Waals surface area contributed by atoms with Gasteiger partial charge in [-0.25, -0.2) is 4.98 Å². The molecule has 0 saturated heterocycles. The third-order valence-corrected chi connectivity index (χ3v) is 2.13. The van der Waals surface area contributed by atoms with Crippen LogP contribution in [0.3, 0.4) is 0 Å². The maximum atomic E-state index is 11.6. The zero-order valence-corrected chi connectivity index (χ0v) is 9.28. The van der Waals surface area contributed by atoms with E-state index >= 15 is 0 Å². The van der Waals surface area contributed by atoms with E-state index in [4.69, 9.17) is 10.2 Å². The highest BCUT2D eigenvalue weighted by molar-refractivity contribution is 5.92. The van der Waals surface area contributed by atoms with Crippen LogP contribution in [0.1, 0.15) is 49.6 Å². The van der Waals surface area contributed by atoms with Gasteiger partial charge in [0, 0.05) is 6.04 Å². The van der Waals surface area contributed by atoms with Crippen molar-refractivity contribution in [3.05, 3.63) is 17.8 Å². The second-order valence-electron chi connectivity index (χ2n) is 3.64. The molecule has 1 aromatic heterocycles. The van der Waals surface area contributed by atoms with Crippen LogP contribution in [0.15, 0.2) is 10.7 Å². The van der Waals surface area contributed by atoms with Crippen molar-refractivity contribution in [2.45, 2.75) is 39.3 Å². The molecule has 0 aliphatic rings. The molecule has 5 heteroatoms. The molecule has 84 valence electrons. The Hall–Kier alpha value is -1.36. The van der Waals surface area contributed by atoms with Gasteiger partial charge in [-0.05, 0) is 20.3 Å². The minimum absolute atomic E-state index is 0.132. The Labute approximate surface area is 89.1 Å². The average molecular weight is 211 g/mol. The van der Waals surface area contributed by atoms with Crippen molar-refractivity contribution >= 4 is 5.91 Å². The first-order valence-electron chi connectivity index (χ1n) is 5.06. The Morgan fingerprint density at radius 3 is 2.80 bits per heavy atom. The molecule has 1 heterocycles. The number of amides is 1. The summed E-state index contributed by atoms with van der Waals surface area (Å²) in [4.78, 5) is 15.6. The van der Waals surface area contributed by atoms with Gasteiger partial charge in [-0.3, -0.25) is 4.79 Å². The Bertz CT molecular complexity index is 333. The van der Waals surface area contributed by atoms with Gasteiger partial charge in [0.2, 0.25) is 5.89 Å². The summed E-state index contributed by atoms with van der Waals surface area (Å²) >= 11 is 0. The standard InChI is InChI=1S/C10H17N3O2/c1-4-6(2)12-9(14)8-5-15-10(13-8)7(3)11/h5-7H,4,11H2,1-3H3,(H,12,14). The van der Waals surface area contributed by atoms with E-state index < -0.39 is 0 Å². The summed E-state index contributed by atoms with van der Waals surface area (Å²) in [6, 6.07) is -0.164. The van der Waals surface area contributed by atoms with Crippen LogP contribution in [0, 0.1) is 0 Å². The molecule has 15 heavy (non-hydrogen) atoms. The number of hydrogen-bond donors (Lipinski definition) is 2. The Balaban J connectivity index is 2.66. The van der Waals surface area contributed by atoms with E-state index in [2.05, 4.69) is 10.3 Å². The normalized spacial score (nSPS) is 14.7. The lowest BCUT2D eigenvalue weighted by Gasteiger charge is -2.08. The zero-order chi connectivity index (χ0) is 11.4. The Morgan fingerprint density at radius 2 is 2.33 bits per heavy atom. The molecular weight excluding hydrogens is 194 g/mol. The van der Waals surface area contributed by atoms with Crippen LogP contribution >= 0.6 is 0 Å². The Kier molecular flexibility index (Phi) is 3.85. The number of aromatic nitrogens is 1. The highest BCUT2D eigenvalue weighted by Gasteiger charge is 2.15. The lowest BCUT2D eigenvalue weighted by molar-refractivity contribution is 0.0934. The van der Waals surface area contributed by atoms with Crippen LogP contribution in [0.4, 0.5) is 0 Å². The second kappa shape index (κ2) is 4.93. The molecule has 0 fully saturated rings. The van der Waals surface area contributed by atoms with Crippen molar-refractivity contribution in [2.75, 3.05) is 0 Å². The number of nitrogens with one attached hydrogen (secondary N) is 1. The van der Waals surface area contributed by atoms with Crippen molar-refractivity contribution in [3.63, 3.8) is 0 Å². The molecule has 1 aromatic rings. The maximum absolute atomic E-state index is 11.6. The predicted molar refractivity (Wildman–Crippen MR) is 56.3 cm³/mol. The predicted octanol–water partition coefficient (Wildman–Crippen LogP) is 1.22. The van der Waals surface area contributed by atoms with Crippen LogP contribution in [0.5, 0.6) is 0 Å². The number of nitrogens with two attached hydrogens (primary N) is 1. The van der Waals surface area contributed by atoms with E-state index in [1.807, 2.05) is 13.8 Å². The number of carbonyl (C=O) groups excluding carboxylic acids is 1. The highest BCUT2D eigenvalue weighted by Crippen LogP contribution is 2.09. The summed E-state index contributed by atoms with van der Waals surface area (Å²) in [6.07, 6.45) is 2.21. The van der Waals surface area contributed by atoms with Gasteiger partial charge in [0.15, 0.2) is 5.69 Å². The van der Waals surface area contributed by atoms with Gasteiger partial charge in [-0.15, -0.1) is 0 Å². The molecule has 1 rings (SSSR count). The van der Waals surface area contributed by atoms with Crippen molar-refractivity contribution in [1.82, 2.24) is 10.3 Å². The number of hydrogen-bond acceptors (Lipinski definition) is 4. The topological polar surface area (TPSA) is 81.2 Å². The summed E-state index contributed by atoms with van der Waals surface area (Å²) in [5.41, 5.74) is 5.85. The molecule has 0 saturated carbocycles. The van der Waals surface area contributed by atoms with E-state index in [1.165, 1.54) is 6.26 Å². The summed E-state index contributed by atoms with van der Waals surface area (Å²) in [6.45, 7) is 5.69. The third-order valence-electron chi connectivity index (χ3n) is 2.13. The molecule has 0 radical (unpaired) electrons. The maximum Gasteiger partial charge on any atom is 0.273 e. The monoisotopic (exact) mass is 211 g/mol. The largest absolute Gasteiger partial charge is 0.446 e. The number of oxazole rings is 1. The summed E-state index contributed by atoms with van der Waals surface area (Å²) in [5.74, 6) is 0.157. The van der Waals surface area contributed by atoms with E-state index in [-0.39, 0.29) is 23.7 Å². The molecule has 0 bridgehead atoms. The fourth-order valence-corrected chi connectivity index (χ4v) is 1.00. The van der Waals surface area contributed by atoms with Crippen LogP contribution in [0.2, 0.25) is 0 Å². The smallest absolute Gasteiger partial charge is 0.273 e. The van der Waals surface area contributed by atoms with Crippen LogP contribution in [0.25, 0.3) is 0 Å². The van der Waals surface area contributed by atoms with Gasteiger partial charge < -0.3 is 15.5 Å². The first-order chi connectivity index (χ1) is 7.04. The first-order valence-corrected chi connectivity index (χ1v) is 5.06. The highest BCUT2D eigenvalue weighted by atomic mass is 16.3. The molecule has 5 nitrogen and oxygen atoms in total. The van der Waals surface area contributed by atoms with Crippen molar-refractivity contribution in [2.24, 2.45) is 5.73 Å². The summed E-state index contributed by atoms with van der Waals surface area (Å²) in [7, 11) is 0. The molecule has 2 atom stereocenters. The van der Waals surface area contributed by atoms with Gasteiger partial charge in [0.25, 0.3) is 5.91 Å². The van der Waals surface area contributed by atoms with E-state index in [0.29, 0.717) is 5.89 Å². The summed E-state index contributed by atoms with van der Waals surface area (Å²) < 4.78 is 5.07. The fourth-order valence-electron chi connectivity index (χ4n) is 1.00. The van der Waals surface area contributed by atoms with Gasteiger partial charge in [0.1, 0.15) is 6.26 Å². The van der Waals surface area contributed by atoms with Gasteiger partial charge >= 0.3 is 0 Å². The molecule has 1 amide bonds. The van der Waals surface area contributed by atoms with E-state index in [0.717, 1.165) is 6.42 Å². The molecule has 0 aliphatic carbocycles. The molecule has 0 aromatic carbocycles. The lowest BCUT2D eigenvalue weighted by atomic mass is 10.2. The lowest BCUT2D eigenvalue weighted by Crippen LogP contribution is -2.32. The molecular formula is C10H17N3O2. The average Bonchev–Trinajstić information content (AvgIpc) is 2.66. The first kappa shape index (κ1) is 11.7. The second-order valence-corrected chi connectivity index (χ2v) is 3.64. The van der Waals surface area contributed by atoms with Crippen LogP contribution in [-0.2, 0) is 0 Å². The van der Waals surface area contributed by atoms with Gasteiger partial charge in [0.05, 0.1) is 6.04 Å². The van der Waals surface area contributed by atoms with Crippen LogP contribution in [-0.4, -0.2) is 16.9 Å². The molecule has 3 N–H and O–H groups in total. The molecule has 0 spiro atoms. The fraction of sp³-hybridized carbons (Fsp3) is 0.600. The third kappa shape index (κ3) is 3.06. The molecule has 2 unspecified atom stereocenters. The zero-order valence-electron chi connectivity index (χ0n) is 9.28. The van der Waals surface area contributed by atoms with Crippen LogP contribution < -0.4 is 11.1 Å². The quantitative estimate of drug-likeness (QED) is 0.784. The van der Waals surface area contributed by atoms with Gasteiger partial charge in [-0.1, -0.05) is 6.92 Å². The van der Waals surface area contributed by atoms with Crippen molar-refractivity contribution in [1.29, 1.82) is 0 Å². The number of rotatable bonds is 4. The minimum atomic E-state index is -0.296. The number of nitrogens with zero attached hydrogens (tertiary/aromatic N) is 1. The number of carbonyl (C=O) groups is 1. The van der Waals surface area contributed by atoms with E-state index in [1.54, 1.807) is 6.92 Å².